The third kappa shape index (κ3) is 4.27. The number of rotatable bonds is 7. The Hall–Kier alpha value is -2.18. The highest BCUT2D eigenvalue weighted by atomic mass is 16.5. The molecule has 3 atom stereocenters. The lowest BCUT2D eigenvalue weighted by Crippen LogP contribution is -2.39. The molecule has 1 amide bonds. The van der Waals surface area contributed by atoms with Crippen LogP contribution in [0.5, 0.6) is 0 Å². The summed E-state index contributed by atoms with van der Waals surface area (Å²) in [6.45, 7) is 3.18. The van der Waals surface area contributed by atoms with Crippen LogP contribution in [-0.4, -0.2) is 40.0 Å². The molecule has 0 bridgehead atoms. The maximum Gasteiger partial charge on any atom is 0.226 e. The summed E-state index contributed by atoms with van der Waals surface area (Å²) < 4.78 is 7.79. The van der Waals surface area contributed by atoms with Gasteiger partial charge in [0, 0.05) is 25.5 Å². The number of aliphatic hydroxyl groups is 1. The maximum absolute atomic E-state index is 12.6. The quantitative estimate of drug-likeness (QED) is 0.805. The number of amides is 1. The van der Waals surface area contributed by atoms with E-state index >= 15 is 0 Å². The Labute approximate surface area is 147 Å². The van der Waals surface area contributed by atoms with Gasteiger partial charge in [0.2, 0.25) is 5.91 Å². The van der Waals surface area contributed by atoms with E-state index in [-0.39, 0.29) is 30.6 Å². The van der Waals surface area contributed by atoms with Crippen LogP contribution >= 0.6 is 0 Å². The van der Waals surface area contributed by atoms with Crippen LogP contribution in [0.15, 0.2) is 42.6 Å². The van der Waals surface area contributed by atoms with Gasteiger partial charge in [-0.1, -0.05) is 30.3 Å². The highest BCUT2D eigenvalue weighted by molar-refractivity contribution is 5.80. The van der Waals surface area contributed by atoms with Crippen molar-refractivity contribution in [3.8, 4) is 0 Å². The average molecular weight is 343 g/mol. The lowest BCUT2D eigenvalue weighted by Gasteiger charge is -2.21. The van der Waals surface area contributed by atoms with Crippen molar-refractivity contribution in [2.75, 3.05) is 13.2 Å². The second-order valence-electron chi connectivity index (χ2n) is 6.51. The van der Waals surface area contributed by atoms with Crippen molar-refractivity contribution < 1.29 is 14.6 Å². The summed E-state index contributed by atoms with van der Waals surface area (Å²) in [5, 5.41) is 16.4. The van der Waals surface area contributed by atoms with Gasteiger partial charge in [-0.05, 0) is 31.4 Å². The smallest absolute Gasteiger partial charge is 0.226 e. The first-order valence-electron chi connectivity index (χ1n) is 8.77. The molecule has 1 aromatic carbocycles. The first-order valence-corrected chi connectivity index (χ1v) is 8.77. The normalized spacial score (nSPS) is 21.2. The zero-order valence-corrected chi connectivity index (χ0v) is 14.5. The minimum absolute atomic E-state index is 0.0177. The lowest BCUT2D eigenvalue weighted by atomic mass is 9.97. The number of ether oxygens (including phenoxy) is 1. The van der Waals surface area contributed by atoms with Crippen LogP contribution in [-0.2, 0) is 16.1 Å². The summed E-state index contributed by atoms with van der Waals surface area (Å²) in [6, 6.07) is 12.0. The Balaban J connectivity index is 1.72. The molecule has 1 saturated heterocycles. The Bertz CT molecular complexity index is 686. The summed E-state index contributed by atoms with van der Waals surface area (Å²) >= 11 is 0. The van der Waals surface area contributed by atoms with E-state index in [0.29, 0.717) is 26.0 Å². The molecular formula is C19H25N3O3. The van der Waals surface area contributed by atoms with Gasteiger partial charge in [0.1, 0.15) is 6.10 Å². The van der Waals surface area contributed by atoms with Gasteiger partial charge in [-0.15, -0.1) is 0 Å². The molecule has 3 rings (SSSR count). The van der Waals surface area contributed by atoms with Gasteiger partial charge in [0.25, 0.3) is 0 Å². The van der Waals surface area contributed by atoms with Crippen molar-refractivity contribution in [2.45, 2.75) is 38.5 Å². The Morgan fingerprint density at radius 3 is 2.96 bits per heavy atom. The number of hydrogen-bond acceptors (Lipinski definition) is 4. The monoisotopic (exact) mass is 343 g/mol. The van der Waals surface area contributed by atoms with Crippen molar-refractivity contribution in [3.05, 3.63) is 53.9 Å². The van der Waals surface area contributed by atoms with Gasteiger partial charge in [-0.2, -0.15) is 5.10 Å². The van der Waals surface area contributed by atoms with Gasteiger partial charge in [0.05, 0.1) is 18.2 Å². The fourth-order valence-corrected chi connectivity index (χ4v) is 3.24. The number of carbonyl (C=O) groups is 1. The van der Waals surface area contributed by atoms with Gasteiger partial charge >= 0.3 is 0 Å². The SMILES string of the molecule is C[C@H](CCO)NC(=O)[C@H]1CCO[C@@H]1c1ccnn1Cc1ccccc1. The Morgan fingerprint density at radius 1 is 1.40 bits per heavy atom. The van der Waals surface area contributed by atoms with E-state index in [1.165, 1.54) is 0 Å². The third-order valence-corrected chi connectivity index (χ3v) is 4.60. The van der Waals surface area contributed by atoms with Crippen LogP contribution in [0.25, 0.3) is 0 Å². The average Bonchev–Trinajstić information content (AvgIpc) is 3.24. The molecule has 6 heteroatoms. The van der Waals surface area contributed by atoms with E-state index < -0.39 is 0 Å². The topological polar surface area (TPSA) is 76.4 Å². The van der Waals surface area contributed by atoms with Crippen LogP contribution in [0.2, 0.25) is 0 Å². The zero-order valence-electron chi connectivity index (χ0n) is 14.5. The maximum atomic E-state index is 12.6. The molecule has 2 aromatic rings. The molecule has 0 unspecified atom stereocenters. The molecule has 1 aliphatic rings. The predicted molar refractivity (Wildman–Crippen MR) is 93.9 cm³/mol. The second kappa shape index (κ2) is 8.27. The number of carbonyl (C=O) groups excluding carboxylic acids is 1. The fourth-order valence-electron chi connectivity index (χ4n) is 3.24. The lowest BCUT2D eigenvalue weighted by molar-refractivity contribution is -0.127. The molecule has 2 heterocycles. The van der Waals surface area contributed by atoms with Crippen molar-refractivity contribution in [3.63, 3.8) is 0 Å². The molecule has 134 valence electrons. The zero-order chi connectivity index (χ0) is 17.6. The number of aliphatic hydroxyl groups excluding tert-OH is 1. The molecule has 1 fully saturated rings. The van der Waals surface area contributed by atoms with Crippen LogP contribution in [0.1, 0.15) is 37.1 Å². The summed E-state index contributed by atoms with van der Waals surface area (Å²) in [7, 11) is 0. The van der Waals surface area contributed by atoms with E-state index in [1.54, 1.807) is 6.20 Å². The summed E-state index contributed by atoms with van der Waals surface area (Å²) in [5.41, 5.74) is 2.08. The van der Waals surface area contributed by atoms with E-state index in [4.69, 9.17) is 9.84 Å². The Morgan fingerprint density at radius 2 is 2.20 bits per heavy atom. The standard InChI is InChI=1S/C19H25N3O3/c1-14(8-11-23)21-19(24)16-9-12-25-18(16)17-7-10-20-22(17)13-15-5-3-2-4-6-15/h2-7,10,14,16,18,23H,8-9,11-13H2,1H3,(H,21,24)/t14-,16+,18+/m1/s1. The van der Waals surface area contributed by atoms with E-state index in [1.807, 2.05) is 35.9 Å². The van der Waals surface area contributed by atoms with Gasteiger partial charge < -0.3 is 15.2 Å². The number of nitrogens with zero attached hydrogens (tertiary/aromatic N) is 2. The van der Waals surface area contributed by atoms with Crippen LogP contribution in [0.4, 0.5) is 0 Å². The van der Waals surface area contributed by atoms with Crippen molar-refractivity contribution in [1.29, 1.82) is 0 Å². The van der Waals surface area contributed by atoms with Crippen LogP contribution in [0, 0.1) is 5.92 Å². The van der Waals surface area contributed by atoms with Gasteiger partial charge in [0.15, 0.2) is 0 Å². The fraction of sp³-hybridized carbons (Fsp3) is 0.474. The minimum Gasteiger partial charge on any atom is -0.396 e. The molecule has 0 spiro atoms. The van der Waals surface area contributed by atoms with Gasteiger partial charge in [-0.25, -0.2) is 0 Å². The second-order valence-corrected chi connectivity index (χ2v) is 6.51. The molecule has 0 radical (unpaired) electrons. The van der Waals surface area contributed by atoms with Gasteiger partial charge in [-0.3, -0.25) is 9.48 Å². The molecule has 0 aliphatic carbocycles. The van der Waals surface area contributed by atoms with E-state index in [2.05, 4.69) is 22.5 Å². The first-order chi connectivity index (χ1) is 12.2. The van der Waals surface area contributed by atoms with E-state index in [0.717, 1.165) is 11.3 Å². The third-order valence-electron chi connectivity index (χ3n) is 4.60. The van der Waals surface area contributed by atoms with Crippen molar-refractivity contribution in [2.24, 2.45) is 5.92 Å². The Kier molecular flexibility index (Phi) is 5.83. The molecule has 6 nitrogen and oxygen atoms in total. The molecule has 2 N–H and O–H groups in total. The molecule has 25 heavy (non-hydrogen) atoms. The minimum atomic E-state index is -0.285. The summed E-state index contributed by atoms with van der Waals surface area (Å²) in [6.07, 6.45) is 2.71. The van der Waals surface area contributed by atoms with Crippen molar-refractivity contribution in [1.82, 2.24) is 15.1 Å². The largest absolute Gasteiger partial charge is 0.396 e. The first kappa shape index (κ1) is 17.6. The number of aromatic nitrogens is 2. The molecule has 0 saturated carbocycles. The van der Waals surface area contributed by atoms with E-state index in [9.17, 15) is 4.79 Å². The van der Waals surface area contributed by atoms with Crippen LogP contribution in [0.3, 0.4) is 0 Å². The number of benzene rings is 1. The molecule has 1 aliphatic heterocycles. The summed E-state index contributed by atoms with van der Waals surface area (Å²) in [4.78, 5) is 12.6. The highest BCUT2D eigenvalue weighted by Gasteiger charge is 2.37. The molecule has 1 aromatic heterocycles. The number of hydrogen-bond donors (Lipinski definition) is 2. The van der Waals surface area contributed by atoms with Crippen LogP contribution < -0.4 is 5.32 Å². The highest BCUT2D eigenvalue weighted by Crippen LogP contribution is 2.34. The summed E-state index contributed by atoms with van der Waals surface area (Å²) in [5.74, 6) is -0.247. The predicted octanol–water partition coefficient (Wildman–Crippen LogP) is 1.90. The number of nitrogens with one attached hydrogen (secondary N) is 1. The molecular weight excluding hydrogens is 318 g/mol. The van der Waals surface area contributed by atoms with Crippen molar-refractivity contribution >= 4 is 5.91 Å².